The fourth-order valence-corrected chi connectivity index (χ4v) is 5.40. The third kappa shape index (κ3) is 5.42. The average molecular weight is 445 g/mol. The number of carbonyl (C=O) groups excluding carboxylic acids is 2. The van der Waals surface area contributed by atoms with Crippen LogP contribution in [0.4, 0.5) is 0 Å². The Morgan fingerprint density at radius 2 is 1.94 bits per heavy atom. The molecule has 1 saturated heterocycles. The molecule has 166 valence electrons. The van der Waals surface area contributed by atoms with Crippen LogP contribution in [0.1, 0.15) is 28.9 Å². The SMILES string of the molecule is C=CC(=O)N[C@H]1CCCN(S(=O)(=O)c2ccc(C(=O)NCCc3ccccc3)n2C)C1. The Hall–Kier alpha value is -2.91. The number of nitrogens with zero attached hydrogens (tertiary/aromatic N) is 2. The smallest absolute Gasteiger partial charge is 0.267 e. The van der Waals surface area contributed by atoms with Gasteiger partial charge in [0.1, 0.15) is 5.69 Å². The van der Waals surface area contributed by atoms with E-state index in [0.717, 1.165) is 5.56 Å². The van der Waals surface area contributed by atoms with E-state index in [9.17, 15) is 18.0 Å². The van der Waals surface area contributed by atoms with Gasteiger partial charge in [0.25, 0.3) is 15.9 Å². The van der Waals surface area contributed by atoms with E-state index in [1.165, 1.54) is 27.1 Å². The minimum Gasteiger partial charge on any atom is -0.350 e. The van der Waals surface area contributed by atoms with Crippen molar-refractivity contribution in [2.75, 3.05) is 19.6 Å². The van der Waals surface area contributed by atoms with E-state index in [0.29, 0.717) is 32.4 Å². The maximum absolute atomic E-state index is 13.2. The summed E-state index contributed by atoms with van der Waals surface area (Å²) in [6.07, 6.45) is 3.20. The zero-order valence-corrected chi connectivity index (χ0v) is 18.4. The molecule has 0 saturated carbocycles. The van der Waals surface area contributed by atoms with E-state index >= 15 is 0 Å². The monoisotopic (exact) mass is 444 g/mol. The summed E-state index contributed by atoms with van der Waals surface area (Å²) in [6.45, 7) is 4.43. The number of piperidine rings is 1. The number of rotatable bonds is 8. The van der Waals surface area contributed by atoms with Gasteiger partial charge in [0.15, 0.2) is 5.03 Å². The van der Waals surface area contributed by atoms with Gasteiger partial charge in [-0.1, -0.05) is 36.9 Å². The quantitative estimate of drug-likeness (QED) is 0.602. The van der Waals surface area contributed by atoms with Crippen LogP contribution in [0, 0.1) is 0 Å². The first kappa shape index (κ1) is 22.8. The van der Waals surface area contributed by atoms with Gasteiger partial charge in [-0.25, -0.2) is 8.42 Å². The molecule has 0 spiro atoms. The molecule has 2 aromatic rings. The molecule has 1 fully saturated rings. The molecule has 0 bridgehead atoms. The van der Waals surface area contributed by atoms with Crippen molar-refractivity contribution in [3.63, 3.8) is 0 Å². The number of amides is 2. The first-order valence-electron chi connectivity index (χ1n) is 10.2. The van der Waals surface area contributed by atoms with E-state index in [1.54, 1.807) is 7.05 Å². The van der Waals surface area contributed by atoms with E-state index in [2.05, 4.69) is 17.2 Å². The van der Waals surface area contributed by atoms with Crippen LogP contribution in [0.5, 0.6) is 0 Å². The number of nitrogens with one attached hydrogen (secondary N) is 2. The van der Waals surface area contributed by atoms with Gasteiger partial charge in [0.2, 0.25) is 5.91 Å². The van der Waals surface area contributed by atoms with Gasteiger partial charge in [-0.15, -0.1) is 0 Å². The van der Waals surface area contributed by atoms with Gasteiger partial charge in [-0.3, -0.25) is 9.59 Å². The van der Waals surface area contributed by atoms with Crippen molar-refractivity contribution in [2.24, 2.45) is 7.05 Å². The van der Waals surface area contributed by atoms with Crippen LogP contribution in [0.25, 0.3) is 0 Å². The third-order valence-electron chi connectivity index (χ3n) is 5.37. The molecule has 2 amide bonds. The van der Waals surface area contributed by atoms with Crippen LogP contribution in [-0.4, -0.2) is 54.8 Å². The largest absolute Gasteiger partial charge is 0.350 e. The molecule has 2 N–H and O–H groups in total. The van der Waals surface area contributed by atoms with Gasteiger partial charge in [0.05, 0.1) is 0 Å². The molecule has 8 nitrogen and oxygen atoms in total. The molecule has 2 heterocycles. The van der Waals surface area contributed by atoms with Crippen molar-refractivity contribution in [3.8, 4) is 0 Å². The minimum absolute atomic E-state index is 0.0522. The Labute approximate surface area is 183 Å². The van der Waals surface area contributed by atoms with Crippen LogP contribution in [0.2, 0.25) is 0 Å². The molecular formula is C22H28N4O4S. The predicted octanol–water partition coefficient (Wildman–Crippen LogP) is 1.45. The normalized spacial score (nSPS) is 17.1. The zero-order valence-electron chi connectivity index (χ0n) is 17.6. The first-order valence-corrected chi connectivity index (χ1v) is 11.7. The van der Waals surface area contributed by atoms with Gasteiger partial charge in [-0.2, -0.15) is 4.31 Å². The number of sulfonamides is 1. The van der Waals surface area contributed by atoms with E-state index < -0.39 is 10.0 Å². The molecule has 0 unspecified atom stereocenters. The highest BCUT2D eigenvalue weighted by atomic mass is 32.2. The number of hydrogen-bond donors (Lipinski definition) is 2. The number of benzene rings is 1. The molecule has 9 heteroatoms. The fraction of sp³-hybridized carbons (Fsp3) is 0.364. The van der Waals surface area contributed by atoms with Crippen molar-refractivity contribution in [2.45, 2.75) is 30.3 Å². The van der Waals surface area contributed by atoms with Crippen LogP contribution in [0.3, 0.4) is 0 Å². The topological polar surface area (TPSA) is 101 Å². The summed E-state index contributed by atoms with van der Waals surface area (Å²) >= 11 is 0. The molecule has 1 atom stereocenters. The second-order valence-corrected chi connectivity index (χ2v) is 9.41. The lowest BCUT2D eigenvalue weighted by Crippen LogP contribution is -2.49. The van der Waals surface area contributed by atoms with Crippen LogP contribution in [0.15, 0.2) is 60.1 Å². The lowest BCUT2D eigenvalue weighted by Gasteiger charge is -2.32. The van der Waals surface area contributed by atoms with Crippen molar-refractivity contribution in [1.29, 1.82) is 0 Å². The molecule has 3 rings (SSSR count). The average Bonchev–Trinajstić information content (AvgIpc) is 3.16. The minimum atomic E-state index is -3.81. The summed E-state index contributed by atoms with van der Waals surface area (Å²) in [5, 5.41) is 5.66. The summed E-state index contributed by atoms with van der Waals surface area (Å²) in [4.78, 5) is 24.2. The highest BCUT2D eigenvalue weighted by molar-refractivity contribution is 7.89. The highest BCUT2D eigenvalue weighted by Gasteiger charge is 2.33. The Kier molecular flexibility index (Phi) is 7.29. The van der Waals surface area contributed by atoms with Crippen molar-refractivity contribution < 1.29 is 18.0 Å². The second-order valence-electron chi connectivity index (χ2n) is 7.52. The van der Waals surface area contributed by atoms with Gasteiger partial charge in [-0.05, 0) is 43.0 Å². The standard InChI is InChI=1S/C22H28N4O4S/c1-3-20(27)24-18-10-7-15-26(16-18)31(29,30)21-12-11-19(25(21)2)22(28)23-14-13-17-8-5-4-6-9-17/h3-6,8-9,11-12,18H,1,7,10,13-16H2,2H3,(H,23,28)(H,24,27)/t18-/m0/s1. The molecule has 1 aliphatic rings. The molecular weight excluding hydrogens is 416 g/mol. The predicted molar refractivity (Wildman–Crippen MR) is 118 cm³/mol. The van der Waals surface area contributed by atoms with Crippen molar-refractivity contribution in [3.05, 3.63) is 66.4 Å². The Morgan fingerprint density at radius 1 is 1.19 bits per heavy atom. The number of aromatic nitrogens is 1. The Morgan fingerprint density at radius 3 is 2.65 bits per heavy atom. The molecule has 1 aromatic heterocycles. The van der Waals surface area contributed by atoms with Crippen molar-refractivity contribution >= 4 is 21.8 Å². The van der Waals surface area contributed by atoms with Gasteiger partial charge >= 0.3 is 0 Å². The van der Waals surface area contributed by atoms with E-state index in [-0.39, 0.29) is 35.1 Å². The fourth-order valence-electron chi connectivity index (χ4n) is 3.71. The molecule has 0 aliphatic carbocycles. The highest BCUT2D eigenvalue weighted by Crippen LogP contribution is 2.22. The molecule has 1 aliphatic heterocycles. The van der Waals surface area contributed by atoms with Crippen LogP contribution >= 0.6 is 0 Å². The second kappa shape index (κ2) is 9.93. The summed E-state index contributed by atoms with van der Waals surface area (Å²) < 4.78 is 29.1. The maximum Gasteiger partial charge on any atom is 0.267 e. The molecule has 0 radical (unpaired) electrons. The maximum atomic E-state index is 13.2. The number of carbonyl (C=O) groups is 2. The number of hydrogen-bond acceptors (Lipinski definition) is 4. The van der Waals surface area contributed by atoms with Crippen LogP contribution < -0.4 is 10.6 Å². The lowest BCUT2D eigenvalue weighted by molar-refractivity contribution is -0.117. The van der Waals surface area contributed by atoms with Crippen molar-refractivity contribution in [1.82, 2.24) is 19.5 Å². The lowest BCUT2D eigenvalue weighted by atomic mass is 10.1. The molecule has 31 heavy (non-hydrogen) atoms. The summed E-state index contributed by atoms with van der Waals surface area (Å²) in [7, 11) is -2.24. The summed E-state index contributed by atoms with van der Waals surface area (Å²) in [6, 6.07) is 12.5. The Bertz CT molecular complexity index is 1050. The zero-order chi connectivity index (χ0) is 22.4. The Balaban J connectivity index is 1.66. The van der Waals surface area contributed by atoms with E-state index in [1.807, 2.05) is 30.3 Å². The van der Waals surface area contributed by atoms with Gasteiger partial charge in [0, 0.05) is 32.7 Å². The first-order chi connectivity index (χ1) is 14.8. The third-order valence-corrected chi connectivity index (χ3v) is 7.32. The summed E-state index contributed by atoms with van der Waals surface area (Å²) in [5.74, 6) is -0.646. The summed E-state index contributed by atoms with van der Waals surface area (Å²) in [5.41, 5.74) is 1.39. The van der Waals surface area contributed by atoms with E-state index in [4.69, 9.17) is 0 Å². The van der Waals surface area contributed by atoms with Gasteiger partial charge < -0.3 is 15.2 Å². The van der Waals surface area contributed by atoms with Crippen LogP contribution in [-0.2, 0) is 28.3 Å². The molecule has 1 aromatic carbocycles.